The maximum atomic E-state index is 5.75. The molecule has 4 nitrogen and oxygen atoms in total. The molecule has 0 fully saturated rings. The minimum absolute atomic E-state index is 0.301. The maximum absolute atomic E-state index is 5.75. The summed E-state index contributed by atoms with van der Waals surface area (Å²) in [6, 6.07) is 7.57. The molecule has 0 saturated carbocycles. The van der Waals surface area contributed by atoms with Crippen LogP contribution in [0.5, 0.6) is 17.5 Å². The van der Waals surface area contributed by atoms with E-state index in [2.05, 4.69) is 9.97 Å². The van der Waals surface area contributed by atoms with E-state index in [0.717, 1.165) is 17.0 Å². The molecule has 0 aliphatic rings. The first-order valence-electron chi connectivity index (χ1n) is 5.43. The average Bonchev–Trinajstić information content (AvgIpc) is 2.39. The van der Waals surface area contributed by atoms with Crippen molar-refractivity contribution >= 4 is 11.6 Å². The Balaban J connectivity index is 2.20. The molecule has 1 aromatic heterocycles. The first-order valence-corrected chi connectivity index (χ1v) is 5.97. The number of hydrogen-bond donors (Lipinski definition) is 0. The number of benzene rings is 1. The summed E-state index contributed by atoms with van der Waals surface area (Å²) in [7, 11) is 1.61. The fourth-order valence-electron chi connectivity index (χ4n) is 1.42. The highest BCUT2D eigenvalue weighted by Gasteiger charge is 2.05. The Morgan fingerprint density at radius 3 is 2.72 bits per heavy atom. The number of hydrogen-bond acceptors (Lipinski definition) is 4. The van der Waals surface area contributed by atoms with Gasteiger partial charge in [-0.2, -0.15) is 4.98 Å². The summed E-state index contributed by atoms with van der Waals surface area (Å²) in [6.07, 6.45) is 1.67. The van der Waals surface area contributed by atoms with E-state index in [-0.39, 0.29) is 0 Å². The molecule has 0 atom stereocenters. The molecule has 0 N–H and O–H groups in total. The van der Waals surface area contributed by atoms with Gasteiger partial charge in [0.15, 0.2) is 0 Å². The first-order chi connectivity index (χ1) is 8.72. The Morgan fingerprint density at radius 1 is 1.28 bits per heavy atom. The van der Waals surface area contributed by atoms with Gasteiger partial charge in [-0.3, -0.25) is 0 Å². The predicted molar refractivity (Wildman–Crippen MR) is 69.4 cm³/mol. The third-order valence-corrected chi connectivity index (χ3v) is 2.74. The van der Waals surface area contributed by atoms with Gasteiger partial charge in [0.1, 0.15) is 11.5 Å². The topological polar surface area (TPSA) is 44.2 Å². The van der Waals surface area contributed by atoms with Crippen LogP contribution < -0.4 is 9.47 Å². The highest BCUT2D eigenvalue weighted by molar-refractivity contribution is 6.17. The molecule has 1 heterocycles. The van der Waals surface area contributed by atoms with Gasteiger partial charge in [0, 0.05) is 23.5 Å². The van der Waals surface area contributed by atoms with Crippen LogP contribution >= 0.6 is 11.6 Å². The standard InChI is InChI=1S/C13H13ClN2O2/c1-9-10(7-14)8-15-13(16-9)18-12-5-3-4-11(6-12)17-2/h3-6,8H,7H2,1-2H3. The summed E-state index contributed by atoms with van der Waals surface area (Å²) < 4.78 is 10.7. The third kappa shape index (κ3) is 2.90. The number of aromatic nitrogens is 2. The van der Waals surface area contributed by atoms with E-state index in [0.29, 0.717) is 17.6 Å². The SMILES string of the molecule is COc1cccc(Oc2ncc(CCl)c(C)n2)c1. The van der Waals surface area contributed by atoms with Crippen molar-refractivity contribution < 1.29 is 9.47 Å². The number of halogens is 1. The number of ether oxygens (including phenoxy) is 2. The largest absolute Gasteiger partial charge is 0.497 e. The summed E-state index contributed by atoms with van der Waals surface area (Å²) in [5.41, 5.74) is 1.72. The number of aryl methyl sites for hydroxylation is 1. The maximum Gasteiger partial charge on any atom is 0.322 e. The van der Waals surface area contributed by atoms with E-state index >= 15 is 0 Å². The molecular weight excluding hydrogens is 252 g/mol. The van der Waals surface area contributed by atoms with E-state index in [9.17, 15) is 0 Å². The second kappa shape index (κ2) is 5.69. The van der Waals surface area contributed by atoms with Crippen LogP contribution in [0.1, 0.15) is 11.3 Å². The molecule has 2 rings (SSSR count). The lowest BCUT2D eigenvalue weighted by atomic mass is 10.3. The number of methoxy groups -OCH3 is 1. The van der Waals surface area contributed by atoms with Crippen molar-refractivity contribution in [3.63, 3.8) is 0 Å². The van der Waals surface area contributed by atoms with Crippen LogP contribution in [0.4, 0.5) is 0 Å². The van der Waals surface area contributed by atoms with E-state index in [4.69, 9.17) is 21.1 Å². The normalized spacial score (nSPS) is 10.2. The molecule has 18 heavy (non-hydrogen) atoms. The summed E-state index contributed by atoms with van der Waals surface area (Å²) in [5.74, 6) is 1.75. The second-order valence-electron chi connectivity index (χ2n) is 3.68. The summed E-state index contributed by atoms with van der Waals surface area (Å²) >= 11 is 5.75. The van der Waals surface area contributed by atoms with E-state index in [1.807, 2.05) is 25.1 Å². The van der Waals surface area contributed by atoms with Gasteiger partial charge in [-0.25, -0.2) is 4.98 Å². The summed E-state index contributed by atoms with van der Waals surface area (Å²) in [6.45, 7) is 1.87. The smallest absolute Gasteiger partial charge is 0.322 e. The minimum Gasteiger partial charge on any atom is -0.497 e. The molecule has 0 amide bonds. The molecule has 1 aromatic carbocycles. The van der Waals surface area contributed by atoms with Gasteiger partial charge in [-0.15, -0.1) is 11.6 Å². The predicted octanol–water partition coefficient (Wildman–Crippen LogP) is 3.32. The Hall–Kier alpha value is -1.81. The zero-order valence-corrected chi connectivity index (χ0v) is 10.9. The van der Waals surface area contributed by atoms with E-state index < -0.39 is 0 Å². The van der Waals surface area contributed by atoms with Gasteiger partial charge in [-0.05, 0) is 19.1 Å². The fourth-order valence-corrected chi connectivity index (χ4v) is 1.68. The highest BCUT2D eigenvalue weighted by Crippen LogP contribution is 2.23. The fraction of sp³-hybridized carbons (Fsp3) is 0.231. The zero-order valence-electron chi connectivity index (χ0n) is 10.2. The molecule has 0 aliphatic carbocycles. The zero-order chi connectivity index (χ0) is 13.0. The molecule has 0 bridgehead atoms. The molecule has 0 radical (unpaired) electrons. The van der Waals surface area contributed by atoms with Crippen molar-refractivity contribution in [1.82, 2.24) is 9.97 Å². The summed E-state index contributed by atoms with van der Waals surface area (Å²) in [4.78, 5) is 8.34. The van der Waals surface area contributed by atoms with Crippen molar-refractivity contribution in [3.05, 3.63) is 41.7 Å². The second-order valence-corrected chi connectivity index (χ2v) is 3.95. The van der Waals surface area contributed by atoms with E-state index in [1.165, 1.54) is 0 Å². The van der Waals surface area contributed by atoms with Crippen molar-refractivity contribution in [3.8, 4) is 17.5 Å². The van der Waals surface area contributed by atoms with Crippen LogP contribution in [0, 0.1) is 6.92 Å². The lowest BCUT2D eigenvalue weighted by Crippen LogP contribution is -1.97. The van der Waals surface area contributed by atoms with Gasteiger partial charge in [0.05, 0.1) is 13.0 Å². The van der Waals surface area contributed by atoms with Crippen LogP contribution in [-0.4, -0.2) is 17.1 Å². The Morgan fingerprint density at radius 2 is 2.06 bits per heavy atom. The lowest BCUT2D eigenvalue weighted by molar-refractivity contribution is 0.404. The number of nitrogens with zero attached hydrogens (tertiary/aromatic N) is 2. The van der Waals surface area contributed by atoms with Crippen LogP contribution in [0.3, 0.4) is 0 Å². The molecule has 94 valence electrons. The monoisotopic (exact) mass is 264 g/mol. The third-order valence-electron chi connectivity index (χ3n) is 2.45. The summed E-state index contributed by atoms with van der Waals surface area (Å²) in [5, 5.41) is 0. The highest BCUT2D eigenvalue weighted by atomic mass is 35.5. The molecule has 0 unspecified atom stereocenters. The van der Waals surface area contributed by atoms with Crippen LogP contribution in [0.25, 0.3) is 0 Å². The molecular formula is C13H13ClN2O2. The van der Waals surface area contributed by atoms with Gasteiger partial charge in [0.25, 0.3) is 0 Å². The number of alkyl halides is 1. The molecule has 5 heteroatoms. The lowest BCUT2D eigenvalue weighted by Gasteiger charge is -2.07. The Kier molecular flexibility index (Phi) is 3.99. The Labute approximate surface area is 111 Å². The molecule has 2 aromatic rings. The van der Waals surface area contributed by atoms with Crippen molar-refractivity contribution in [2.75, 3.05) is 7.11 Å². The quantitative estimate of drug-likeness (QED) is 0.795. The molecule has 0 spiro atoms. The van der Waals surface area contributed by atoms with E-state index in [1.54, 1.807) is 19.4 Å². The van der Waals surface area contributed by atoms with Crippen molar-refractivity contribution in [2.45, 2.75) is 12.8 Å². The van der Waals surface area contributed by atoms with Crippen molar-refractivity contribution in [1.29, 1.82) is 0 Å². The molecule has 0 saturated heterocycles. The van der Waals surface area contributed by atoms with Gasteiger partial charge < -0.3 is 9.47 Å². The molecule has 0 aliphatic heterocycles. The number of rotatable bonds is 4. The Bertz CT molecular complexity index is 546. The first kappa shape index (κ1) is 12.6. The van der Waals surface area contributed by atoms with Crippen LogP contribution in [0.15, 0.2) is 30.5 Å². The van der Waals surface area contributed by atoms with Gasteiger partial charge >= 0.3 is 6.01 Å². The van der Waals surface area contributed by atoms with Gasteiger partial charge in [-0.1, -0.05) is 6.07 Å². The van der Waals surface area contributed by atoms with Crippen molar-refractivity contribution in [2.24, 2.45) is 0 Å². The van der Waals surface area contributed by atoms with Crippen LogP contribution in [0.2, 0.25) is 0 Å². The average molecular weight is 265 g/mol. The van der Waals surface area contributed by atoms with Crippen LogP contribution in [-0.2, 0) is 5.88 Å². The minimum atomic E-state index is 0.301. The van der Waals surface area contributed by atoms with Gasteiger partial charge in [0.2, 0.25) is 0 Å².